The highest BCUT2D eigenvalue weighted by molar-refractivity contribution is 7.99. The van der Waals surface area contributed by atoms with E-state index in [2.05, 4.69) is 38.6 Å². The Hall–Kier alpha value is 0.01000. The Morgan fingerprint density at radius 1 is 0.868 bits per heavy atom. The lowest BCUT2D eigenvalue weighted by Gasteiger charge is -2.61. The van der Waals surface area contributed by atoms with E-state index in [0.717, 1.165) is 43.9 Å². The normalized spacial score (nSPS) is 38.4. The van der Waals surface area contributed by atoms with Gasteiger partial charge in [-0.15, -0.1) is 11.6 Å². The van der Waals surface area contributed by atoms with Crippen molar-refractivity contribution < 1.29 is 9.90 Å². The molecule has 0 bridgehead atoms. The molecule has 7 atom stereocenters. The Morgan fingerprint density at radius 2 is 1.50 bits per heavy atom. The van der Waals surface area contributed by atoms with E-state index in [0.29, 0.717) is 23.5 Å². The molecule has 38 heavy (non-hydrogen) atoms. The Kier molecular flexibility index (Phi) is 11.2. The molecule has 0 radical (unpaired) electrons. The number of unbranched alkanes of at least 4 members (excludes halogenated alkanes) is 8. The van der Waals surface area contributed by atoms with Crippen LogP contribution in [-0.4, -0.2) is 33.9 Å². The number of aliphatic hydroxyl groups is 1. The minimum atomic E-state index is -0.518. The lowest BCUT2D eigenvalue weighted by molar-refractivity contribution is -0.135. The van der Waals surface area contributed by atoms with Gasteiger partial charge in [-0.05, 0) is 123 Å². The first kappa shape index (κ1) is 31.0. The first-order valence-electron chi connectivity index (χ1n) is 16.3. The third-order valence-electron chi connectivity index (χ3n) is 12.0. The van der Waals surface area contributed by atoms with Crippen molar-refractivity contribution in [2.45, 2.75) is 142 Å². The van der Waals surface area contributed by atoms with E-state index in [1.54, 1.807) is 0 Å². The van der Waals surface area contributed by atoms with Crippen molar-refractivity contribution in [3.8, 4) is 0 Å². The Morgan fingerprint density at radius 3 is 2.21 bits per heavy atom. The summed E-state index contributed by atoms with van der Waals surface area (Å²) >= 11 is 7.88. The van der Waals surface area contributed by atoms with Gasteiger partial charge in [-0.25, -0.2) is 0 Å². The van der Waals surface area contributed by atoms with Crippen LogP contribution in [0.4, 0.5) is 0 Å². The zero-order chi connectivity index (χ0) is 27.2. The topological polar surface area (TPSA) is 37.3 Å². The SMILES string of the molecule is CC1(O)CC[C@H]2[C@@H]3C(CCCCCCCCCSCCCCCCl)CC4=CC(=O)CC[C@]4(C)[C@@H]3CC[C@@]21C. The summed E-state index contributed by atoms with van der Waals surface area (Å²) < 4.78 is 0. The number of hydrogen-bond acceptors (Lipinski definition) is 3. The van der Waals surface area contributed by atoms with E-state index in [1.165, 1.54) is 101 Å². The molecule has 218 valence electrons. The standard InChI is InChI=1S/C34H57ClO2S/c1-32-18-15-28(36)25-27(32)24-26(31-29(32)16-19-33(2)30(31)17-20-34(33,3)37)14-10-7-5-4-6-8-12-22-38-23-13-9-11-21-35/h25-26,29-31,37H,4-24H2,1-3H3/t26?,29-,30+,31-,32+,33+,34?/m1/s1. The van der Waals surface area contributed by atoms with Gasteiger partial charge in [-0.1, -0.05) is 64.4 Å². The third kappa shape index (κ3) is 6.73. The number of fused-ring (bicyclic) bond motifs is 5. The molecule has 0 spiro atoms. The van der Waals surface area contributed by atoms with E-state index in [9.17, 15) is 9.90 Å². The van der Waals surface area contributed by atoms with Gasteiger partial charge in [0.2, 0.25) is 0 Å². The number of rotatable bonds is 15. The highest BCUT2D eigenvalue weighted by Crippen LogP contribution is 2.69. The zero-order valence-corrected chi connectivity index (χ0v) is 26.5. The molecule has 3 fully saturated rings. The smallest absolute Gasteiger partial charge is 0.155 e. The van der Waals surface area contributed by atoms with Gasteiger partial charge in [-0.2, -0.15) is 11.8 Å². The zero-order valence-electron chi connectivity index (χ0n) is 24.9. The Bertz CT molecular complexity index is 808. The quantitative estimate of drug-likeness (QED) is 0.159. The molecule has 0 heterocycles. The summed E-state index contributed by atoms with van der Waals surface area (Å²) in [6.07, 6.45) is 24.3. The van der Waals surface area contributed by atoms with Gasteiger partial charge in [0.25, 0.3) is 0 Å². The van der Waals surface area contributed by atoms with Crippen LogP contribution in [-0.2, 0) is 4.79 Å². The van der Waals surface area contributed by atoms with Crippen LogP contribution < -0.4 is 0 Å². The van der Waals surface area contributed by atoms with E-state index in [-0.39, 0.29) is 10.8 Å². The molecule has 2 unspecified atom stereocenters. The van der Waals surface area contributed by atoms with Crippen LogP contribution in [0.3, 0.4) is 0 Å². The first-order chi connectivity index (χ1) is 18.2. The van der Waals surface area contributed by atoms with Crippen LogP contribution in [0.2, 0.25) is 0 Å². The van der Waals surface area contributed by atoms with Gasteiger partial charge in [0.15, 0.2) is 5.78 Å². The Balaban J connectivity index is 1.24. The van der Waals surface area contributed by atoms with Crippen LogP contribution in [0, 0.1) is 34.5 Å². The lowest BCUT2D eigenvalue weighted by atomic mass is 9.44. The van der Waals surface area contributed by atoms with Crippen molar-refractivity contribution >= 4 is 29.1 Å². The lowest BCUT2D eigenvalue weighted by Crippen LogP contribution is -2.56. The maximum atomic E-state index is 12.4. The molecule has 4 aliphatic rings. The Labute approximate surface area is 243 Å². The molecule has 2 nitrogen and oxygen atoms in total. The van der Waals surface area contributed by atoms with Crippen LogP contribution in [0.25, 0.3) is 0 Å². The molecule has 0 aromatic heterocycles. The fraction of sp³-hybridized carbons (Fsp3) is 0.912. The maximum absolute atomic E-state index is 12.4. The van der Waals surface area contributed by atoms with Gasteiger partial charge in [0, 0.05) is 12.3 Å². The van der Waals surface area contributed by atoms with Crippen LogP contribution >= 0.6 is 23.4 Å². The minimum absolute atomic E-state index is 0.0664. The number of carbonyl (C=O) groups is 1. The predicted octanol–water partition coefficient (Wildman–Crippen LogP) is 9.76. The number of thioether (sulfide) groups is 1. The van der Waals surface area contributed by atoms with Gasteiger partial charge in [-0.3, -0.25) is 4.79 Å². The fourth-order valence-electron chi connectivity index (χ4n) is 9.32. The molecule has 3 saturated carbocycles. The molecule has 0 aromatic carbocycles. The van der Waals surface area contributed by atoms with Crippen LogP contribution in [0.15, 0.2) is 11.6 Å². The number of allylic oxidation sites excluding steroid dienone is 1. The van der Waals surface area contributed by atoms with Crippen molar-refractivity contribution in [3.05, 3.63) is 11.6 Å². The number of ketones is 1. The predicted molar refractivity (Wildman–Crippen MR) is 165 cm³/mol. The molecule has 4 aliphatic carbocycles. The molecule has 4 rings (SSSR count). The molecule has 1 N–H and O–H groups in total. The van der Waals surface area contributed by atoms with Gasteiger partial charge in [0.1, 0.15) is 0 Å². The summed E-state index contributed by atoms with van der Waals surface area (Å²) in [6.45, 7) is 7.03. The second-order valence-corrected chi connectivity index (χ2v) is 15.8. The van der Waals surface area contributed by atoms with Crippen LogP contribution in [0.1, 0.15) is 136 Å². The van der Waals surface area contributed by atoms with Crippen molar-refractivity contribution in [1.82, 2.24) is 0 Å². The van der Waals surface area contributed by atoms with Crippen molar-refractivity contribution in [3.63, 3.8) is 0 Å². The number of hydrogen-bond donors (Lipinski definition) is 1. The van der Waals surface area contributed by atoms with Gasteiger partial charge >= 0.3 is 0 Å². The van der Waals surface area contributed by atoms with E-state index < -0.39 is 5.60 Å². The summed E-state index contributed by atoms with van der Waals surface area (Å²) in [7, 11) is 0. The summed E-state index contributed by atoms with van der Waals surface area (Å²) in [5.41, 5.74) is 1.25. The molecule has 0 saturated heterocycles. The van der Waals surface area contributed by atoms with E-state index >= 15 is 0 Å². The summed E-state index contributed by atoms with van der Waals surface area (Å²) in [5, 5.41) is 11.4. The van der Waals surface area contributed by atoms with Crippen molar-refractivity contribution in [2.75, 3.05) is 17.4 Å². The second-order valence-electron chi connectivity index (χ2n) is 14.2. The molecule has 0 aliphatic heterocycles. The molecule has 4 heteroatoms. The number of alkyl halides is 1. The largest absolute Gasteiger partial charge is 0.390 e. The number of halogens is 1. The molecular formula is C34H57ClO2S. The highest BCUT2D eigenvalue weighted by atomic mass is 35.5. The molecular weight excluding hydrogens is 508 g/mol. The van der Waals surface area contributed by atoms with Gasteiger partial charge < -0.3 is 5.11 Å². The first-order valence-corrected chi connectivity index (χ1v) is 18.0. The minimum Gasteiger partial charge on any atom is -0.390 e. The van der Waals surface area contributed by atoms with Gasteiger partial charge in [0.05, 0.1) is 5.60 Å². The summed E-state index contributed by atoms with van der Waals surface area (Å²) in [6, 6.07) is 0. The average molecular weight is 565 g/mol. The average Bonchev–Trinajstić information content (AvgIpc) is 3.13. The van der Waals surface area contributed by atoms with E-state index in [4.69, 9.17) is 11.6 Å². The molecule has 0 amide bonds. The highest BCUT2D eigenvalue weighted by Gasteiger charge is 2.64. The second kappa shape index (κ2) is 13.8. The number of carbonyl (C=O) groups excluding carboxylic acids is 1. The molecule has 0 aromatic rings. The van der Waals surface area contributed by atoms with Crippen molar-refractivity contribution in [2.24, 2.45) is 34.5 Å². The maximum Gasteiger partial charge on any atom is 0.155 e. The monoisotopic (exact) mass is 564 g/mol. The van der Waals surface area contributed by atoms with Crippen LogP contribution in [0.5, 0.6) is 0 Å². The summed E-state index contributed by atoms with van der Waals surface area (Å²) in [5.74, 6) is 6.59. The van der Waals surface area contributed by atoms with Crippen molar-refractivity contribution in [1.29, 1.82) is 0 Å². The third-order valence-corrected chi connectivity index (χ3v) is 13.4. The summed E-state index contributed by atoms with van der Waals surface area (Å²) in [4.78, 5) is 12.4. The van der Waals surface area contributed by atoms with E-state index in [1.807, 2.05) is 0 Å². The fourth-order valence-corrected chi connectivity index (χ4v) is 10.5.